The highest BCUT2D eigenvalue weighted by Crippen LogP contribution is 2.16. The van der Waals surface area contributed by atoms with E-state index in [1.165, 1.54) is 6.20 Å². The SMILES string of the molecule is CCOC(=O)c1nn(-c2ccc(F)cc2F)cc1C=O. The van der Waals surface area contributed by atoms with Gasteiger partial charge < -0.3 is 4.74 Å². The van der Waals surface area contributed by atoms with E-state index in [1.807, 2.05) is 0 Å². The average molecular weight is 280 g/mol. The second kappa shape index (κ2) is 5.60. The lowest BCUT2D eigenvalue weighted by Crippen LogP contribution is -2.08. The number of nitrogens with zero attached hydrogens (tertiary/aromatic N) is 2. The topological polar surface area (TPSA) is 61.2 Å². The maximum absolute atomic E-state index is 13.6. The number of carbonyl (C=O) groups is 2. The number of aromatic nitrogens is 2. The van der Waals surface area contributed by atoms with E-state index in [0.29, 0.717) is 12.4 Å². The van der Waals surface area contributed by atoms with Gasteiger partial charge in [0, 0.05) is 12.3 Å². The van der Waals surface area contributed by atoms with Gasteiger partial charge in [-0.15, -0.1) is 0 Å². The van der Waals surface area contributed by atoms with E-state index >= 15 is 0 Å². The van der Waals surface area contributed by atoms with Gasteiger partial charge in [-0.2, -0.15) is 5.10 Å². The molecule has 0 saturated carbocycles. The highest BCUT2D eigenvalue weighted by molar-refractivity contribution is 5.96. The van der Waals surface area contributed by atoms with Crippen molar-refractivity contribution in [3.8, 4) is 5.69 Å². The molecule has 0 aliphatic rings. The number of ether oxygens (including phenoxy) is 1. The summed E-state index contributed by atoms with van der Waals surface area (Å²) in [7, 11) is 0. The fourth-order valence-electron chi connectivity index (χ4n) is 1.62. The molecular formula is C13H10F2N2O3. The summed E-state index contributed by atoms with van der Waals surface area (Å²) < 4.78 is 32.2. The normalized spacial score (nSPS) is 10.3. The van der Waals surface area contributed by atoms with Crippen LogP contribution >= 0.6 is 0 Å². The molecule has 0 unspecified atom stereocenters. The lowest BCUT2D eigenvalue weighted by molar-refractivity contribution is 0.0517. The number of benzene rings is 1. The van der Waals surface area contributed by atoms with Crippen molar-refractivity contribution in [3.63, 3.8) is 0 Å². The first-order valence-corrected chi connectivity index (χ1v) is 5.74. The molecule has 0 N–H and O–H groups in total. The Kier molecular flexibility index (Phi) is 3.88. The predicted octanol–water partition coefficient (Wildman–Crippen LogP) is 2.14. The molecule has 1 aromatic heterocycles. The molecular weight excluding hydrogens is 270 g/mol. The Balaban J connectivity index is 2.48. The van der Waals surface area contributed by atoms with E-state index in [1.54, 1.807) is 6.92 Å². The van der Waals surface area contributed by atoms with Crippen molar-refractivity contribution in [2.24, 2.45) is 0 Å². The Morgan fingerprint density at radius 1 is 1.45 bits per heavy atom. The Morgan fingerprint density at radius 3 is 2.80 bits per heavy atom. The van der Waals surface area contributed by atoms with Gasteiger partial charge in [0.1, 0.15) is 11.5 Å². The van der Waals surface area contributed by atoms with Crippen LogP contribution in [0.25, 0.3) is 5.69 Å². The standard InChI is InChI=1S/C13H10F2N2O3/c1-2-20-13(19)12-8(7-18)6-17(16-12)11-4-3-9(14)5-10(11)15/h3-7H,2H2,1H3. The van der Waals surface area contributed by atoms with Crippen LogP contribution in [0.15, 0.2) is 24.4 Å². The molecule has 0 fully saturated rings. The monoisotopic (exact) mass is 280 g/mol. The summed E-state index contributed by atoms with van der Waals surface area (Å²) in [5.74, 6) is -2.38. The molecule has 104 valence electrons. The van der Waals surface area contributed by atoms with Gasteiger partial charge in [0.25, 0.3) is 0 Å². The summed E-state index contributed by atoms with van der Waals surface area (Å²) in [6.07, 6.45) is 1.59. The molecule has 1 aromatic carbocycles. The third kappa shape index (κ3) is 2.56. The molecule has 20 heavy (non-hydrogen) atoms. The van der Waals surface area contributed by atoms with Crippen LogP contribution in [-0.4, -0.2) is 28.6 Å². The van der Waals surface area contributed by atoms with Gasteiger partial charge in [0.05, 0.1) is 12.2 Å². The first-order chi connectivity index (χ1) is 9.56. The van der Waals surface area contributed by atoms with E-state index in [-0.39, 0.29) is 23.6 Å². The average Bonchev–Trinajstić information content (AvgIpc) is 2.83. The summed E-state index contributed by atoms with van der Waals surface area (Å²) in [6, 6.07) is 2.88. The number of hydrogen-bond acceptors (Lipinski definition) is 4. The Hall–Kier alpha value is -2.57. The number of halogens is 2. The van der Waals surface area contributed by atoms with Gasteiger partial charge in [-0.05, 0) is 19.1 Å². The zero-order chi connectivity index (χ0) is 14.7. The summed E-state index contributed by atoms with van der Waals surface area (Å²) >= 11 is 0. The van der Waals surface area contributed by atoms with Crippen molar-refractivity contribution >= 4 is 12.3 Å². The van der Waals surface area contributed by atoms with E-state index < -0.39 is 17.6 Å². The fourth-order valence-corrected chi connectivity index (χ4v) is 1.62. The number of rotatable bonds is 4. The van der Waals surface area contributed by atoms with Crippen LogP contribution in [0, 0.1) is 11.6 Å². The minimum absolute atomic E-state index is 0.0350. The zero-order valence-corrected chi connectivity index (χ0v) is 10.5. The molecule has 2 aromatic rings. The molecule has 5 nitrogen and oxygen atoms in total. The van der Waals surface area contributed by atoms with Gasteiger partial charge >= 0.3 is 5.97 Å². The van der Waals surface area contributed by atoms with Gasteiger partial charge in [-0.25, -0.2) is 18.3 Å². The molecule has 0 saturated heterocycles. The molecule has 0 aliphatic heterocycles. The Bertz CT molecular complexity index is 668. The fraction of sp³-hybridized carbons (Fsp3) is 0.154. The van der Waals surface area contributed by atoms with Crippen molar-refractivity contribution in [1.82, 2.24) is 9.78 Å². The minimum atomic E-state index is -0.861. The Labute approximate surface area is 112 Å². The molecule has 0 radical (unpaired) electrons. The summed E-state index contributed by atoms with van der Waals surface area (Å²) in [5.41, 5.74) is -0.331. The molecule has 1 heterocycles. The number of hydrogen-bond donors (Lipinski definition) is 0. The second-order valence-electron chi connectivity index (χ2n) is 3.81. The summed E-state index contributed by atoms with van der Waals surface area (Å²) in [5, 5.41) is 3.81. The molecule has 0 amide bonds. The highest BCUT2D eigenvalue weighted by atomic mass is 19.1. The lowest BCUT2D eigenvalue weighted by atomic mass is 10.2. The van der Waals surface area contributed by atoms with Gasteiger partial charge in [0.15, 0.2) is 17.8 Å². The minimum Gasteiger partial charge on any atom is -0.461 e. The lowest BCUT2D eigenvalue weighted by Gasteiger charge is -2.02. The van der Waals surface area contributed by atoms with Crippen LogP contribution < -0.4 is 0 Å². The molecule has 0 spiro atoms. The van der Waals surface area contributed by atoms with Gasteiger partial charge in [-0.1, -0.05) is 0 Å². The van der Waals surface area contributed by atoms with Crippen molar-refractivity contribution in [2.75, 3.05) is 6.61 Å². The van der Waals surface area contributed by atoms with Crippen molar-refractivity contribution in [2.45, 2.75) is 6.92 Å². The third-order valence-corrected chi connectivity index (χ3v) is 2.49. The summed E-state index contributed by atoms with van der Waals surface area (Å²) in [6.45, 7) is 1.73. The quantitative estimate of drug-likeness (QED) is 0.636. The highest BCUT2D eigenvalue weighted by Gasteiger charge is 2.19. The number of carbonyl (C=O) groups excluding carboxylic acids is 2. The van der Waals surface area contributed by atoms with Crippen molar-refractivity contribution < 1.29 is 23.1 Å². The molecule has 7 heteroatoms. The van der Waals surface area contributed by atoms with Crippen molar-refractivity contribution in [1.29, 1.82) is 0 Å². The van der Waals surface area contributed by atoms with Crippen LogP contribution in [0.4, 0.5) is 8.78 Å². The van der Waals surface area contributed by atoms with Crippen LogP contribution in [0.3, 0.4) is 0 Å². The number of aldehydes is 1. The third-order valence-electron chi connectivity index (χ3n) is 2.49. The van der Waals surface area contributed by atoms with Crippen molar-refractivity contribution in [3.05, 3.63) is 47.3 Å². The van der Waals surface area contributed by atoms with E-state index in [2.05, 4.69) is 5.10 Å². The van der Waals surface area contributed by atoms with Gasteiger partial charge in [0.2, 0.25) is 0 Å². The molecule has 0 aliphatic carbocycles. The second-order valence-corrected chi connectivity index (χ2v) is 3.81. The van der Waals surface area contributed by atoms with E-state index in [4.69, 9.17) is 4.74 Å². The van der Waals surface area contributed by atoms with E-state index in [0.717, 1.165) is 16.8 Å². The van der Waals surface area contributed by atoms with E-state index in [9.17, 15) is 18.4 Å². The largest absolute Gasteiger partial charge is 0.461 e. The predicted molar refractivity (Wildman–Crippen MR) is 64.8 cm³/mol. The van der Waals surface area contributed by atoms with Crippen LogP contribution in [0.5, 0.6) is 0 Å². The number of esters is 1. The first-order valence-electron chi connectivity index (χ1n) is 5.74. The van der Waals surface area contributed by atoms with Crippen LogP contribution in [0.2, 0.25) is 0 Å². The zero-order valence-electron chi connectivity index (χ0n) is 10.5. The molecule has 0 bridgehead atoms. The Morgan fingerprint density at radius 2 is 2.20 bits per heavy atom. The smallest absolute Gasteiger partial charge is 0.359 e. The summed E-state index contributed by atoms with van der Waals surface area (Å²) in [4.78, 5) is 22.5. The van der Waals surface area contributed by atoms with Gasteiger partial charge in [-0.3, -0.25) is 4.79 Å². The molecule has 2 rings (SSSR count). The van der Waals surface area contributed by atoms with Crippen LogP contribution in [-0.2, 0) is 4.74 Å². The first kappa shape index (κ1) is 13.9. The maximum Gasteiger partial charge on any atom is 0.359 e. The maximum atomic E-state index is 13.6. The molecule has 0 atom stereocenters. The van der Waals surface area contributed by atoms with Crippen LogP contribution in [0.1, 0.15) is 27.8 Å².